The van der Waals surface area contributed by atoms with E-state index in [2.05, 4.69) is 11.6 Å². The first-order valence-electron chi connectivity index (χ1n) is 4.31. The van der Waals surface area contributed by atoms with Gasteiger partial charge in [-0.3, -0.25) is 4.79 Å². The molecule has 0 aromatic carbocycles. The van der Waals surface area contributed by atoms with E-state index in [1.165, 1.54) is 12.3 Å². The van der Waals surface area contributed by atoms with Crippen molar-refractivity contribution in [2.75, 3.05) is 18.1 Å². The van der Waals surface area contributed by atoms with E-state index in [1.807, 2.05) is 0 Å². The number of carbonyl (C=O) groups is 2. The number of nitrogens with zero attached hydrogens (tertiary/aromatic N) is 2. The van der Waals surface area contributed by atoms with Crippen LogP contribution in [-0.4, -0.2) is 35.3 Å². The van der Waals surface area contributed by atoms with Crippen molar-refractivity contribution >= 4 is 28.5 Å². The maximum atomic E-state index is 11.5. The fourth-order valence-electron chi connectivity index (χ4n) is 0.903. The van der Waals surface area contributed by atoms with Crippen LogP contribution in [0.15, 0.2) is 24.2 Å². The summed E-state index contributed by atoms with van der Waals surface area (Å²) in [6.07, 6.45) is 2.13. The van der Waals surface area contributed by atoms with Crippen LogP contribution in [0.25, 0.3) is 0 Å². The predicted molar refractivity (Wildman–Crippen MR) is 58.6 cm³/mol. The lowest BCUT2D eigenvalue weighted by Crippen LogP contribution is -2.36. The molecule has 0 radical (unpaired) electrons. The molecule has 1 aromatic heterocycles. The molecule has 1 N–H and O–H groups in total. The average Bonchev–Trinajstić information content (AvgIpc) is 2.75. The summed E-state index contributed by atoms with van der Waals surface area (Å²) in [6.45, 7) is 2.94. The van der Waals surface area contributed by atoms with E-state index in [1.54, 1.807) is 5.38 Å². The number of rotatable bonds is 5. The third-order valence-corrected chi connectivity index (χ3v) is 2.28. The van der Waals surface area contributed by atoms with Gasteiger partial charge >= 0.3 is 12.1 Å². The van der Waals surface area contributed by atoms with Gasteiger partial charge in [0, 0.05) is 11.6 Å². The van der Waals surface area contributed by atoms with E-state index in [4.69, 9.17) is 9.84 Å². The van der Waals surface area contributed by atoms with Crippen LogP contribution in [0.4, 0.5) is 9.93 Å². The van der Waals surface area contributed by atoms with Crippen LogP contribution in [0.5, 0.6) is 0 Å². The Morgan fingerprint density at radius 2 is 2.44 bits per heavy atom. The molecule has 6 nitrogen and oxygen atoms in total. The third-order valence-electron chi connectivity index (χ3n) is 1.49. The molecule has 1 heterocycles. The molecule has 0 aliphatic rings. The lowest BCUT2D eigenvalue weighted by atomic mass is 10.6. The first kappa shape index (κ1) is 12.2. The fraction of sp³-hybridized carbons (Fsp3) is 0.222. The molecule has 0 spiro atoms. The van der Waals surface area contributed by atoms with E-state index >= 15 is 0 Å². The lowest BCUT2D eigenvalue weighted by Gasteiger charge is -2.16. The van der Waals surface area contributed by atoms with Crippen molar-refractivity contribution < 1.29 is 19.4 Å². The summed E-state index contributed by atoms with van der Waals surface area (Å²) in [6, 6.07) is 0. The zero-order valence-corrected chi connectivity index (χ0v) is 9.14. The molecule has 0 saturated heterocycles. The number of anilines is 1. The molecule has 86 valence electrons. The molecule has 1 rings (SSSR count). The number of aromatic nitrogens is 1. The highest BCUT2D eigenvalue weighted by Gasteiger charge is 2.21. The number of hydrogen-bond acceptors (Lipinski definition) is 5. The van der Waals surface area contributed by atoms with Crippen molar-refractivity contribution in [1.82, 2.24) is 4.98 Å². The minimum absolute atomic E-state index is 0.0281. The van der Waals surface area contributed by atoms with Crippen LogP contribution in [0, 0.1) is 0 Å². The number of hydrogen-bond donors (Lipinski definition) is 1. The van der Waals surface area contributed by atoms with Crippen LogP contribution in [0.1, 0.15) is 0 Å². The molecule has 0 aliphatic carbocycles. The van der Waals surface area contributed by atoms with E-state index < -0.39 is 18.6 Å². The topological polar surface area (TPSA) is 79.7 Å². The Morgan fingerprint density at radius 3 is 2.94 bits per heavy atom. The number of amides is 1. The van der Waals surface area contributed by atoms with Crippen LogP contribution >= 0.6 is 11.3 Å². The molecule has 0 aliphatic heterocycles. The molecule has 0 bridgehead atoms. The quantitative estimate of drug-likeness (QED) is 0.788. The van der Waals surface area contributed by atoms with Crippen molar-refractivity contribution in [2.24, 2.45) is 0 Å². The SMILES string of the molecule is C=CCOC(=O)N(CC(=O)O)c1nccs1. The van der Waals surface area contributed by atoms with Crippen LogP contribution in [-0.2, 0) is 9.53 Å². The Balaban J connectivity index is 2.75. The van der Waals surface area contributed by atoms with Gasteiger partial charge in [-0.25, -0.2) is 14.7 Å². The molecular weight excluding hydrogens is 232 g/mol. The number of carboxylic acid groups (broad SMARTS) is 1. The van der Waals surface area contributed by atoms with Crippen LogP contribution in [0.2, 0.25) is 0 Å². The monoisotopic (exact) mass is 242 g/mol. The van der Waals surface area contributed by atoms with Gasteiger partial charge in [0.25, 0.3) is 0 Å². The first-order chi connectivity index (χ1) is 7.65. The summed E-state index contributed by atoms with van der Waals surface area (Å²) in [7, 11) is 0. The standard InChI is InChI=1S/C9H10N2O4S/c1-2-4-15-9(14)11(6-7(12)13)8-10-3-5-16-8/h2-3,5H,1,4,6H2,(H,12,13). The van der Waals surface area contributed by atoms with Gasteiger partial charge in [0.05, 0.1) is 0 Å². The van der Waals surface area contributed by atoms with Gasteiger partial charge in [-0.2, -0.15) is 0 Å². The molecule has 16 heavy (non-hydrogen) atoms. The summed E-state index contributed by atoms with van der Waals surface area (Å²) in [5.41, 5.74) is 0. The zero-order chi connectivity index (χ0) is 12.0. The molecule has 0 fully saturated rings. The number of ether oxygens (including phenoxy) is 1. The van der Waals surface area contributed by atoms with E-state index in [9.17, 15) is 9.59 Å². The highest BCUT2D eigenvalue weighted by atomic mass is 32.1. The first-order valence-corrected chi connectivity index (χ1v) is 5.19. The molecule has 7 heteroatoms. The van der Waals surface area contributed by atoms with Crippen molar-refractivity contribution in [3.8, 4) is 0 Å². The highest BCUT2D eigenvalue weighted by Crippen LogP contribution is 2.17. The Hall–Kier alpha value is -1.89. The van der Waals surface area contributed by atoms with Gasteiger partial charge in [0.1, 0.15) is 13.2 Å². The van der Waals surface area contributed by atoms with Gasteiger partial charge in [-0.15, -0.1) is 11.3 Å². The Labute approximate surface area is 95.8 Å². The van der Waals surface area contributed by atoms with Gasteiger partial charge in [-0.05, 0) is 0 Å². The number of aliphatic carboxylic acids is 1. The molecule has 0 atom stereocenters. The molecule has 1 aromatic rings. The minimum atomic E-state index is -1.13. The molecule has 0 unspecified atom stereocenters. The summed E-state index contributed by atoms with van der Waals surface area (Å²) in [5.74, 6) is -1.13. The maximum absolute atomic E-state index is 11.5. The summed E-state index contributed by atoms with van der Waals surface area (Å²) < 4.78 is 4.75. The fourth-order valence-corrected chi connectivity index (χ4v) is 1.53. The van der Waals surface area contributed by atoms with Crippen molar-refractivity contribution in [3.63, 3.8) is 0 Å². The summed E-state index contributed by atoms with van der Waals surface area (Å²) in [4.78, 5) is 26.9. The van der Waals surface area contributed by atoms with E-state index in [0.29, 0.717) is 0 Å². The van der Waals surface area contributed by atoms with Crippen molar-refractivity contribution in [1.29, 1.82) is 0 Å². The second-order valence-corrected chi connectivity index (χ2v) is 3.53. The lowest BCUT2D eigenvalue weighted by molar-refractivity contribution is -0.135. The van der Waals surface area contributed by atoms with Crippen LogP contribution < -0.4 is 4.90 Å². The highest BCUT2D eigenvalue weighted by molar-refractivity contribution is 7.13. The van der Waals surface area contributed by atoms with Gasteiger partial charge in [-0.1, -0.05) is 12.7 Å². The van der Waals surface area contributed by atoms with Gasteiger partial charge in [0.2, 0.25) is 0 Å². The predicted octanol–water partition coefficient (Wildman–Crippen LogP) is 1.36. The molecule has 0 saturated carbocycles. The molecular formula is C9H10N2O4S. The minimum Gasteiger partial charge on any atom is -0.480 e. The largest absolute Gasteiger partial charge is 0.480 e. The van der Waals surface area contributed by atoms with Gasteiger partial charge in [0.15, 0.2) is 5.13 Å². The second-order valence-electron chi connectivity index (χ2n) is 2.66. The number of thiazole rings is 1. The summed E-state index contributed by atoms with van der Waals surface area (Å²) in [5, 5.41) is 10.6. The van der Waals surface area contributed by atoms with E-state index in [0.717, 1.165) is 16.2 Å². The second kappa shape index (κ2) is 5.86. The Morgan fingerprint density at radius 1 is 1.69 bits per heavy atom. The normalized spacial score (nSPS) is 9.50. The van der Waals surface area contributed by atoms with Gasteiger partial charge < -0.3 is 9.84 Å². The number of carboxylic acids is 1. The third kappa shape index (κ3) is 3.35. The van der Waals surface area contributed by atoms with Crippen molar-refractivity contribution in [2.45, 2.75) is 0 Å². The maximum Gasteiger partial charge on any atom is 0.416 e. The van der Waals surface area contributed by atoms with Crippen molar-refractivity contribution in [3.05, 3.63) is 24.2 Å². The smallest absolute Gasteiger partial charge is 0.416 e. The Bertz CT molecular complexity index is 377. The zero-order valence-electron chi connectivity index (χ0n) is 8.33. The van der Waals surface area contributed by atoms with E-state index in [-0.39, 0.29) is 11.7 Å². The Kier molecular flexibility index (Phi) is 4.46. The van der Waals surface area contributed by atoms with Crippen LogP contribution in [0.3, 0.4) is 0 Å². The average molecular weight is 242 g/mol. The number of carbonyl (C=O) groups excluding carboxylic acids is 1. The molecule has 1 amide bonds. The summed E-state index contributed by atoms with van der Waals surface area (Å²) >= 11 is 1.16.